The Bertz CT molecular complexity index is 1000. The van der Waals surface area contributed by atoms with E-state index >= 15 is 0 Å². The molecule has 0 radical (unpaired) electrons. The summed E-state index contributed by atoms with van der Waals surface area (Å²) in [5.41, 5.74) is 2.59. The van der Waals surface area contributed by atoms with Gasteiger partial charge >= 0.3 is 17.8 Å². The molecule has 2 aliphatic heterocycles. The Labute approximate surface area is 169 Å². The molecule has 7 heteroatoms. The van der Waals surface area contributed by atoms with Gasteiger partial charge in [0, 0.05) is 13.1 Å². The molecule has 0 aliphatic carbocycles. The summed E-state index contributed by atoms with van der Waals surface area (Å²) in [4.78, 5) is 36.8. The predicted molar refractivity (Wildman–Crippen MR) is 111 cm³/mol. The summed E-state index contributed by atoms with van der Waals surface area (Å²) >= 11 is 0. The third-order valence-electron chi connectivity index (χ3n) is 4.95. The van der Waals surface area contributed by atoms with E-state index in [0.717, 1.165) is 18.0 Å². The average Bonchev–Trinajstić information content (AvgIpc) is 3.16. The summed E-state index contributed by atoms with van der Waals surface area (Å²) < 4.78 is 1.37. The fourth-order valence-corrected chi connectivity index (χ4v) is 3.44. The lowest BCUT2D eigenvalue weighted by Crippen LogP contribution is -2.51. The summed E-state index contributed by atoms with van der Waals surface area (Å²) in [6.45, 7) is 1.91. The van der Waals surface area contributed by atoms with Crippen molar-refractivity contribution in [2.45, 2.75) is 13.1 Å². The smallest absolute Gasteiger partial charge is 0.286 e. The number of amides is 3. The second kappa shape index (κ2) is 7.89. The lowest BCUT2D eigenvalue weighted by molar-refractivity contribution is -0.401. The lowest BCUT2D eigenvalue weighted by atomic mass is 10.1. The van der Waals surface area contributed by atoms with Crippen LogP contribution in [0, 0.1) is 0 Å². The van der Waals surface area contributed by atoms with E-state index in [0.29, 0.717) is 18.2 Å². The van der Waals surface area contributed by atoms with Crippen molar-refractivity contribution in [2.75, 3.05) is 20.6 Å². The Kier molecular flexibility index (Phi) is 5.14. The number of nitrogens with zero attached hydrogens (tertiary/aromatic N) is 5. The maximum Gasteiger partial charge on any atom is 0.446 e. The number of hydrogen-bond donors (Lipinski definition) is 0. The van der Waals surface area contributed by atoms with Gasteiger partial charge in [-0.3, -0.25) is 4.90 Å². The van der Waals surface area contributed by atoms with Crippen LogP contribution < -0.4 is 0 Å². The standard InChI is InChI=1S/C22H22N5O2/c1-25-20-19(21(28)26(2)22(25)29)23-18(24-20)15-27(13-16-9-5-3-6-10-16)14-17-11-7-4-8-12-17/h3-12H,13-15H2,1-2H3/q+1. The van der Waals surface area contributed by atoms with Crippen molar-refractivity contribution in [1.82, 2.24) is 9.80 Å². The Morgan fingerprint density at radius 3 is 1.97 bits per heavy atom. The Balaban J connectivity index is 1.60. The third-order valence-corrected chi connectivity index (χ3v) is 4.95. The van der Waals surface area contributed by atoms with E-state index in [1.165, 1.54) is 22.8 Å². The van der Waals surface area contributed by atoms with Gasteiger partial charge in [0.2, 0.25) is 11.5 Å². The molecule has 2 heterocycles. The quantitative estimate of drug-likeness (QED) is 0.713. The maximum atomic E-state index is 12.4. The molecule has 0 spiro atoms. The van der Waals surface area contributed by atoms with E-state index < -0.39 is 11.9 Å². The molecule has 0 atom stereocenters. The van der Waals surface area contributed by atoms with Crippen molar-refractivity contribution < 1.29 is 14.2 Å². The number of imide groups is 1. The summed E-state index contributed by atoms with van der Waals surface area (Å²) in [5, 5.41) is 0. The van der Waals surface area contributed by atoms with Gasteiger partial charge in [-0.1, -0.05) is 65.7 Å². The number of carbonyl (C=O) groups excluding carboxylic acids is 2. The summed E-state index contributed by atoms with van der Waals surface area (Å²) in [6, 6.07) is 20.0. The normalized spacial score (nSPS) is 16.3. The molecule has 146 valence electrons. The van der Waals surface area contributed by atoms with E-state index in [-0.39, 0.29) is 5.71 Å². The van der Waals surface area contributed by atoms with Crippen LogP contribution in [0.4, 0.5) is 4.79 Å². The van der Waals surface area contributed by atoms with Crippen LogP contribution in [0.15, 0.2) is 70.6 Å². The van der Waals surface area contributed by atoms with Crippen LogP contribution in [0.3, 0.4) is 0 Å². The molecule has 0 bridgehead atoms. The van der Waals surface area contributed by atoms with Gasteiger partial charge in [0.15, 0.2) is 0 Å². The van der Waals surface area contributed by atoms with Crippen molar-refractivity contribution in [3.05, 3.63) is 71.8 Å². The molecule has 2 aliphatic rings. The molecule has 2 aromatic rings. The Morgan fingerprint density at radius 2 is 1.41 bits per heavy atom. The fourth-order valence-electron chi connectivity index (χ4n) is 3.44. The number of benzene rings is 2. The van der Waals surface area contributed by atoms with E-state index in [9.17, 15) is 9.59 Å². The van der Waals surface area contributed by atoms with Crippen LogP contribution in [-0.2, 0) is 17.9 Å². The summed E-state index contributed by atoms with van der Waals surface area (Å²) in [7, 11) is 3.06. The fraction of sp³-hybridized carbons (Fsp3) is 0.227. The van der Waals surface area contributed by atoms with Gasteiger partial charge in [-0.15, -0.1) is 0 Å². The molecular weight excluding hydrogens is 366 g/mol. The second-order valence-electron chi connectivity index (χ2n) is 7.13. The molecule has 0 fully saturated rings. The number of rotatable bonds is 6. The minimum absolute atomic E-state index is 0.226. The number of hydrogen-bond acceptors (Lipinski definition) is 5. The molecule has 0 saturated carbocycles. The van der Waals surface area contributed by atoms with E-state index in [1.807, 2.05) is 36.4 Å². The molecule has 2 aromatic carbocycles. The molecular formula is C22H22N5O2+. The van der Waals surface area contributed by atoms with Crippen LogP contribution >= 0.6 is 0 Å². The van der Waals surface area contributed by atoms with Gasteiger partial charge in [-0.05, 0) is 11.1 Å². The van der Waals surface area contributed by atoms with E-state index in [1.54, 1.807) is 7.05 Å². The number of urea groups is 1. The first-order chi connectivity index (χ1) is 14.0. The topological polar surface area (TPSA) is 68.3 Å². The van der Waals surface area contributed by atoms with Crippen molar-refractivity contribution in [3.8, 4) is 0 Å². The highest BCUT2D eigenvalue weighted by molar-refractivity contribution is 6.70. The van der Waals surface area contributed by atoms with Crippen molar-refractivity contribution in [1.29, 1.82) is 0 Å². The first-order valence-electron chi connectivity index (χ1n) is 9.42. The predicted octanol–water partition coefficient (Wildman–Crippen LogP) is 2.17. The minimum atomic E-state index is -0.417. The van der Waals surface area contributed by atoms with Gasteiger partial charge in [0.1, 0.15) is 0 Å². The molecule has 7 nitrogen and oxygen atoms in total. The highest BCUT2D eigenvalue weighted by Gasteiger charge is 2.44. The molecule has 0 aromatic heterocycles. The molecule has 4 rings (SSSR count). The van der Waals surface area contributed by atoms with Crippen LogP contribution in [0.2, 0.25) is 0 Å². The first-order valence-corrected chi connectivity index (χ1v) is 9.42. The summed E-state index contributed by atoms with van der Waals surface area (Å²) in [5.74, 6) is 0.442. The van der Waals surface area contributed by atoms with Crippen molar-refractivity contribution in [3.63, 3.8) is 0 Å². The zero-order valence-electron chi connectivity index (χ0n) is 16.4. The van der Waals surface area contributed by atoms with Gasteiger partial charge in [0.25, 0.3) is 0 Å². The van der Waals surface area contributed by atoms with E-state index in [4.69, 9.17) is 0 Å². The zero-order chi connectivity index (χ0) is 20.4. The number of amidine groups is 2. The van der Waals surface area contributed by atoms with Crippen LogP contribution in [-0.4, -0.2) is 64.3 Å². The SMILES string of the molecule is CN1C(=O)C2=NC(CN(Cc3ccccc3)Cc3ccccc3)=NC2=[N+](C)C1=O. The van der Waals surface area contributed by atoms with Gasteiger partial charge in [0.05, 0.1) is 20.6 Å². The maximum absolute atomic E-state index is 12.4. The lowest BCUT2D eigenvalue weighted by Gasteiger charge is -2.21. The monoisotopic (exact) mass is 388 g/mol. The van der Waals surface area contributed by atoms with Gasteiger partial charge < -0.3 is 0 Å². The first kappa shape index (κ1) is 18.9. The molecule has 3 amide bonds. The summed E-state index contributed by atoms with van der Waals surface area (Å²) in [6.07, 6.45) is 0. The highest BCUT2D eigenvalue weighted by atomic mass is 16.2. The largest absolute Gasteiger partial charge is 0.446 e. The van der Waals surface area contributed by atoms with E-state index in [2.05, 4.69) is 39.2 Å². The van der Waals surface area contributed by atoms with Crippen LogP contribution in [0.1, 0.15) is 11.1 Å². The highest BCUT2D eigenvalue weighted by Crippen LogP contribution is 2.14. The molecule has 0 N–H and O–H groups in total. The Hall–Kier alpha value is -3.45. The molecule has 0 saturated heterocycles. The van der Waals surface area contributed by atoms with Gasteiger partial charge in [-0.2, -0.15) is 9.48 Å². The van der Waals surface area contributed by atoms with Crippen LogP contribution in [0.25, 0.3) is 0 Å². The number of aliphatic imine (C=N–C) groups is 2. The minimum Gasteiger partial charge on any atom is -0.286 e. The number of fused-ring (bicyclic) bond motifs is 1. The average molecular weight is 388 g/mol. The zero-order valence-corrected chi connectivity index (χ0v) is 16.4. The third kappa shape index (κ3) is 3.90. The Morgan fingerprint density at radius 1 is 0.862 bits per heavy atom. The second-order valence-corrected chi connectivity index (χ2v) is 7.13. The van der Waals surface area contributed by atoms with Gasteiger partial charge in [-0.25, -0.2) is 14.6 Å². The van der Waals surface area contributed by atoms with Crippen LogP contribution in [0.5, 0.6) is 0 Å². The van der Waals surface area contributed by atoms with Crippen molar-refractivity contribution >= 4 is 29.3 Å². The molecule has 29 heavy (non-hydrogen) atoms. The number of carbonyl (C=O) groups is 2. The molecule has 0 unspecified atom stereocenters. The van der Waals surface area contributed by atoms with Crippen molar-refractivity contribution in [2.24, 2.45) is 9.98 Å².